The fourth-order valence-corrected chi connectivity index (χ4v) is 4.24. The smallest absolute Gasteiger partial charge is 0.260 e. The maximum atomic E-state index is 13.6. The van der Waals surface area contributed by atoms with Crippen molar-refractivity contribution in [3.63, 3.8) is 0 Å². The molecule has 1 fully saturated rings. The number of hydrogen-bond acceptors (Lipinski definition) is 3. The third-order valence-electron chi connectivity index (χ3n) is 6.36. The molecule has 0 aliphatic carbocycles. The molecule has 0 atom stereocenters. The van der Waals surface area contributed by atoms with Gasteiger partial charge >= 0.3 is 0 Å². The molecule has 0 saturated carbocycles. The predicted molar refractivity (Wildman–Crippen MR) is 129 cm³/mol. The molecule has 5 heteroatoms. The Morgan fingerprint density at radius 2 is 1.30 bits per heavy atom. The van der Waals surface area contributed by atoms with Crippen molar-refractivity contribution in [1.29, 1.82) is 0 Å². The maximum absolute atomic E-state index is 13.6. The van der Waals surface area contributed by atoms with Crippen LogP contribution >= 0.6 is 0 Å². The summed E-state index contributed by atoms with van der Waals surface area (Å²) in [6.07, 6.45) is 0. The van der Waals surface area contributed by atoms with Gasteiger partial charge in [0.1, 0.15) is 5.75 Å². The third-order valence-corrected chi connectivity index (χ3v) is 6.36. The minimum Gasteiger partial charge on any atom is -0.483 e. The summed E-state index contributed by atoms with van der Waals surface area (Å²) in [5.41, 5.74) is 4.15. The summed E-state index contributed by atoms with van der Waals surface area (Å²) in [6, 6.07) is 25.6. The van der Waals surface area contributed by atoms with E-state index < -0.39 is 0 Å². The van der Waals surface area contributed by atoms with Crippen LogP contribution in [0.15, 0.2) is 78.9 Å². The molecule has 0 spiro atoms. The van der Waals surface area contributed by atoms with Crippen molar-refractivity contribution in [2.45, 2.75) is 19.8 Å². The number of benzene rings is 3. The molecule has 1 aliphatic heterocycles. The van der Waals surface area contributed by atoms with Gasteiger partial charge in [-0.05, 0) is 42.2 Å². The van der Waals surface area contributed by atoms with Gasteiger partial charge in [-0.25, -0.2) is 0 Å². The van der Waals surface area contributed by atoms with Crippen molar-refractivity contribution in [2.24, 2.45) is 0 Å². The topological polar surface area (TPSA) is 49.9 Å². The van der Waals surface area contributed by atoms with Crippen LogP contribution in [0.3, 0.4) is 0 Å². The molecule has 0 N–H and O–H groups in total. The fourth-order valence-electron chi connectivity index (χ4n) is 4.24. The Hall–Kier alpha value is -3.60. The normalized spacial score (nSPS) is 13.8. The summed E-state index contributed by atoms with van der Waals surface area (Å²) < 4.78 is 5.79. The molecule has 3 aromatic rings. The minimum absolute atomic E-state index is 0.00882. The summed E-state index contributed by atoms with van der Waals surface area (Å²) in [4.78, 5) is 29.9. The van der Waals surface area contributed by atoms with Crippen molar-refractivity contribution < 1.29 is 14.3 Å². The number of amides is 2. The van der Waals surface area contributed by atoms with Crippen LogP contribution in [0.2, 0.25) is 0 Å². The lowest BCUT2D eigenvalue weighted by molar-refractivity contribution is -0.141. The van der Waals surface area contributed by atoms with Crippen LogP contribution < -0.4 is 4.74 Å². The molecule has 0 radical (unpaired) electrons. The largest absolute Gasteiger partial charge is 0.483 e. The van der Waals surface area contributed by atoms with Gasteiger partial charge in [0.15, 0.2) is 6.61 Å². The molecule has 1 aliphatic rings. The molecule has 1 saturated heterocycles. The van der Waals surface area contributed by atoms with Crippen molar-refractivity contribution in [3.05, 3.63) is 101 Å². The van der Waals surface area contributed by atoms with Crippen molar-refractivity contribution >= 4 is 11.8 Å². The van der Waals surface area contributed by atoms with E-state index in [-0.39, 0.29) is 24.3 Å². The Balaban J connectivity index is 1.38. The Kier molecular flexibility index (Phi) is 7.08. The lowest BCUT2D eigenvalue weighted by Gasteiger charge is -2.36. The molecular formula is C28H30N2O3. The average Bonchev–Trinajstić information content (AvgIpc) is 2.86. The molecule has 0 unspecified atom stereocenters. The average molecular weight is 443 g/mol. The number of carbonyl (C=O) groups excluding carboxylic acids is 2. The van der Waals surface area contributed by atoms with Crippen LogP contribution in [0.4, 0.5) is 0 Å². The highest BCUT2D eigenvalue weighted by Crippen LogP contribution is 2.27. The minimum atomic E-state index is -0.345. The predicted octanol–water partition coefficient (Wildman–Crippen LogP) is 4.19. The van der Waals surface area contributed by atoms with Crippen LogP contribution in [0.25, 0.3) is 0 Å². The van der Waals surface area contributed by atoms with E-state index in [1.807, 2.05) is 97.6 Å². The number of hydrogen-bond donors (Lipinski definition) is 0. The second kappa shape index (κ2) is 10.3. The van der Waals surface area contributed by atoms with Crippen molar-refractivity contribution in [2.75, 3.05) is 32.8 Å². The van der Waals surface area contributed by atoms with E-state index in [1.54, 1.807) is 4.90 Å². The van der Waals surface area contributed by atoms with Crippen LogP contribution in [0, 0.1) is 13.8 Å². The van der Waals surface area contributed by atoms with E-state index >= 15 is 0 Å². The van der Waals surface area contributed by atoms with Gasteiger partial charge in [-0.2, -0.15) is 0 Å². The summed E-state index contributed by atoms with van der Waals surface area (Å²) in [7, 11) is 0. The molecule has 0 bridgehead atoms. The number of rotatable bonds is 6. The van der Waals surface area contributed by atoms with Gasteiger partial charge in [0.05, 0.1) is 5.92 Å². The molecule has 4 rings (SSSR count). The molecule has 5 nitrogen and oxygen atoms in total. The monoisotopic (exact) mass is 442 g/mol. The summed E-state index contributed by atoms with van der Waals surface area (Å²) >= 11 is 0. The zero-order chi connectivity index (χ0) is 23.2. The van der Waals surface area contributed by atoms with Crippen LogP contribution in [-0.2, 0) is 9.59 Å². The first kappa shape index (κ1) is 22.6. The summed E-state index contributed by atoms with van der Waals surface area (Å²) in [5.74, 6) is 0.421. The van der Waals surface area contributed by atoms with Gasteiger partial charge in [0.2, 0.25) is 5.91 Å². The maximum Gasteiger partial charge on any atom is 0.260 e. The van der Waals surface area contributed by atoms with Gasteiger partial charge in [0, 0.05) is 26.2 Å². The molecule has 33 heavy (non-hydrogen) atoms. The highest BCUT2D eigenvalue weighted by molar-refractivity contribution is 5.87. The summed E-state index contributed by atoms with van der Waals surface area (Å²) in [6.45, 7) is 6.09. The standard InChI is InChI=1S/C28H30N2O3/c1-21-10-9-15-25(22(21)2)33-20-26(31)29-16-18-30(19-17-29)28(32)27(23-11-5-3-6-12-23)24-13-7-4-8-14-24/h3-15,27H,16-20H2,1-2H3. The lowest BCUT2D eigenvalue weighted by atomic mass is 9.90. The van der Waals surface area contributed by atoms with Gasteiger partial charge in [-0.3, -0.25) is 9.59 Å². The lowest BCUT2D eigenvalue weighted by Crippen LogP contribution is -2.52. The van der Waals surface area contributed by atoms with Gasteiger partial charge < -0.3 is 14.5 Å². The first-order valence-corrected chi connectivity index (χ1v) is 11.4. The Labute approximate surface area is 195 Å². The number of piperazine rings is 1. The van der Waals surface area contributed by atoms with Gasteiger partial charge in [0.25, 0.3) is 5.91 Å². The first-order valence-electron chi connectivity index (χ1n) is 11.4. The van der Waals surface area contributed by atoms with Crippen LogP contribution in [0.1, 0.15) is 28.2 Å². The van der Waals surface area contributed by atoms with E-state index in [2.05, 4.69) is 0 Å². The number of nitrogens with zero attached hydrogens (tertiary/aromatic N) is 2. The quantitative estimate of drug-likeness (QED) is 0.575. The molecule has 0 aromatic heterocycles. The second-order valence-corrected chi connectivity index (χ2v) is 8.45. The molecule has 170 valence electrons. The van der Waals surface area contributed by atoms with Crippen LogP contribution in [0.5, 0.6) is 5.75 Å². The first-order chi connectivity index (χ1) is 16.0. The number of aryl methyl sites for hydroxylation is 1. The Morgan fingerprint density at radius 3 is 1.88 bits per heavy atom. The highest BCUT2D eigenvalue weighted by atomic mass is 16.5. The number of ether oxygens (including phenoxy) is 1. The molecule has 2 amide bonds. The molecular weight excluding hydrogens is 412 g/mol. The van der Waals surface area contributed by atoms with Gasteiger partial charge in [-0.15, -0.1) is 0 Å². The number of carbonyl (C=O) groups is 2. The highest BCUT2D eigenvalue weighted by Gasteiger charge is 2.31. The van der Waals surface area contributed by atoms with E-state index in [9.17, 15) is 9.59 Å². The zero-order valence-electron chi connectivity index (χ0n) is 19.2. The molecule has 3 aromatic carbocycles. The van der Waals surface area contributed by atoms with Crippen LogP contribution in [-0.4, -0.2) is 54.4 Å². The fraction of sp³-hybridized carbons (Fsp3) is 0.286. The second-order valence-electron chi connectivity index (χ2n) is 8.45. The van der Waals surface area contributed by atoms with Crippen molar-refractivity contribution in [1.82, 2.24) is 9.80 Å². The van der Waals surface area contributed by atoms with Crippen molar-refractivity contribution in [3.8, 4) is 5.75 Å². The third kappa shape index (κ3) is 5.25. The van der Waals surface area contributed by atoms with E-state index in [4.69, 9.17) is 4.74 Å². The van der Waals surface area contributed by atoms with E-state index in [0.717, 1.165) is 28.0 Å². The van der Waals surface area contributed by atoms with E-state index in [0.29, 0.717) is 26.2 Å². The zero-order valence-corrected chi connectivity index (χ0v) is 19.2. The van der Waals surface area contributed by atoms with Gasteiger partial charge in [-0.1, -0.05) is 72.8 Å². The summed E-state index contributed by atoms with van der Waals surface area (Å²) in [5, 5.41) is 0. The molecule has 1 heterocycles. The SMILES string of the molecule is Cc1cccc(OCC(=O)N2CCN(C(=O)C(c3ccccc3)c3ccccc3)CC2)c1C. The van der Waals surface area contributed by atoms with E-state index in [1.165, 1.54) is 0 Å². The Bertz CT molecular complexity index is 1050. The Morgan fingerprint density at radius 1 is 0.758 bits per heavy atom.